The molecular formula is C20H31ClO. The largest absolute Gasteiger partial charge is 0.281 e. The van der Waals surface area contributed by atoms with Gasteiger partial charge < -0.3 is 0 Å². The van der Waals surface area contributed by atoms with Crippen LogP contribution in [-0.2, 0) is 4.79 Å². The Balaban J connectivity index is 2.04. The molecule has 0 aromatic heterocycles. The highest BCUT2D eigenvalue weighted by Crippen LogP contribution is 2.69. The van der Waals surface area contributed by atoms with Crippen LogP contribution in [-0.4, -0.2) is 5.24 Å². The third-order valence-corrected chi connectivity index (χ3v) is 8.11. The van der Waals surface area contributed by atoms with E-state index in [0.29, 0.717) is 16.7 Å². The van der Waals surface area contributed by atoms with Gasteiger partial charge in [-0.25, -0.2) is 0 Å². The minimum atomic E-state index is -0.172. The van der Waals surface area contributed by atoms with Gasteiger partial charge in [-0.1, -0.05) is 46.3 Å². The van der Waals surface area contributed by atoms with E-state index in [4.69, 9.17) is 11.6 Å². The molecule has 3 aliphatic carbocycles. The molecule has 0 aromatic rings. The summed E-state index contributed by atoms with van der Waals surface area (Å²) >= 11 is 6.04. The number of carbonyl (C=O) groups is 1. The van der Waals surface area contributed by atoms with E-state index in [0.717, 1.165) is 24.3 Å². The molecule has 0 N–H and O–H groups in total. The van der Waals surface area contributed by atoms with Gasteiger partial charge in [0.1, 0.15) is 0 Å². The summed E-state index contributed by atoms with van der Waals surface area (Å²) in [6, 6.07) is 0. The van der Waals surface area contributed by atoms with Crippen molar-refractivity contribution >= 4 is 16.8 Å². The van der Waals surface area contributed by atoms with Crippen LogP contribution in [0.25, 0.3) is 0 Å². The summed E-state index contributed by atoms with van der Waals surface area (Å²) in [5.41, 5.74) is 1.90. The summed E-state index contributed by atoms with van der Waals surface area (Å²) < 4.78 is 0. The van der Waals surface area contributed by atoms with Crippen molar-refractivity contribution in [3.8, 4) is 0 Å². The number of halogens is 1. The molecule has 0 spiro atoms. The molecule has 0 amide bonds. The van der Waals surface area contributed by atoms with Crippen molar-refractivity contribution in [2.45, 2.75) is 72.6 Å². The molecule has 3 aliphatic rings. The number of fused-ring (bicyclic) bond motifs is 3. The van der Waals surface area contributed by atoms with Gasteiger partial charge in [0.15, 0.2) is 0 Å². The SMILES string of the molecule is C=C1CC[C@H]2[C@@](C)(CC[C@H]3C(C)(C)CCC[C@]23C)[C@@H]1C(=O)Cl. The number of hydrogen-bond acceptors (Lipinski definition) is 1. The Kier molecular flexibility index (Phi) is 3.84. The van der Waals surface area contributed by atoms with Gasteiger partial charge in [-0.3, -0.25) is 4.79 Å². The van der Waals surface area contributed by atoms with E-state index in [9.17, 15) is 4.79 Å². The molecular weight excluding hydrogens is 292 g/mol. The summed E-state index contributed by atoms with van der Waals surface area (Å²) in [5.74, 6) is 1.26. The smallest absolute Gasteiger partial charge is 0.229 e. The highest BCUT2D eigenvalue weighted by molar-refractivity contribution is 6.64. The summed E-state index contributed by atoms with van der Waals surface area (Å²) in [4.78, 5) is 12.2. The van der Waals surface area contributed by atoms with Crippen LogP contribution >= 0.6 is 11.6 Å². The first kappa shape index (κ1) is 16.6. The van der Waals surface area contributed by atoms with Crippen LogP contribution in [0.2, 0.25) is 0 Å². The fourth-order valence-corrected chi connectivity index (χ4v) is 7.46. The quantitative estimate of drug-likeness (QED) is 0.429. The average Bonchev–Trinajstić information content (AvgIpc) is 2.35. The third-order valence-electron chi connectivity index (χ3n) is 7.89. The molecule has 0 unspecified atom stereocenters. The van der Waals surface area contributed by atoms with E-state index in [-0.39, 0.29) is 16.6 Å². The van der Waals surface area contributed by atoms with Gasteiger partial charge in [0.2, 0.25) is 5.24 Å². The van der Waals surface area contributed by atoms with Crippen molar-refractivity contribution in [3.63, 3.8) is 0 Å². The molecule has 22 heavy (non-hydrogen) atoms. The summed E-state index contributed by atoms with van der Waals surface area (Å²) in [7, 11) is 0. The Morgan fingerprint density at radius 1 is 1.05 bits per heavy atom. The normalized spacial score (nSPS) is 47.5. The van der Waals surface area contributed by atoms with Gasteiger partial charge in [0, 0.05) is 0 Å². The Bertz CT molecular complexity index is 508. The van der Waals surface area contributed by atoms with Crippen molar-refractivity contribution in [2.24, 2.45) is 34.0 Å². The zero-order valence-electron chi connectivity index (χ0n) is 14.7. The molecule has 0 radical (unpaired) electrons. The van der Waals surface area contributed by atoms with Crippen molar-refractivity contribution < 1.29 is 4.79 Å². The van der Waals surface area contributed by atoms with E-state index in [1.165, 1.54) is 32.1 Å². The van der Waals surface area contributed by atoms with Gasteiger partial charge in [0.25, 0.3) is 0 Å². The fourth-order valence-electron chi connectivity index (χ4n) is 7.05. The molecule has 124 valence electrons. The first-order valence-electron chi connectivity index (χ1n) is 9.00. The summed E-state index contributed by atoms with van der Waals surface area (Å²) in [6.45, 7) is 14.0. The van der Waals surface area contributed by atoms with Gasteiger partial charge in [-0.15, -0.1) is 0 Å². The number of hydrogen-bond donors (Lipinski definition) is 0. The Labute approximate surface area is 140 Å². The van der Waals surface area contributed by atoms with Gasteiger partial charge in [-0.05, 0) is 78.2 Å². The molecule has 2 heteroatoms. The molecule has 0 saturated heterocycles. The molecule has 3 saturated carbocycles. The second-order valence-electron chi connectivity index (χ2n) is 9.43. The second kappa shape index (κ2) is 5.10. The predicted molar refractivity (Wildman–Crippen MR) is 92.8 cm³/mol. The van der Waals surface area contributed by atoms with Crippen LogP contribution in [0.3, 0.4) is 0 Å². The fraction of sp³-hybridized carbons (Fsp3) is 0.850. The molecule has 3 rings (SSSR count). The van der Waals surface area contributed by atoms with Crippen molar-refractivity contribution in [3.05, 3.63) is 12.2 Å². The standard InChI is InChI=1S/C20H31ClO/c1-13-7-8-15-19(4)11-6-10-18(2,3)14(19)9-12-20(15,5)16(13)17(21)22/h14-16H,1,6-12H2,2-5H3/t14-,15+,16-,19-,20+/m0/s1. The van der Waals surface area contributed by atoms with E-state index in [2.05, 4.69) is 34.3 Å². The second-order valence-corrected chi connectivity index (χ2v) is 9.80. The minimum Gasteiger partial charge on any atom is -0.281 e. The lowest BCUT2D eigenvalue weighted by molar-refractivity contribution is -0.158. The lowest BCUT2D eigenvalue weighted by Gasteiger charge is -2.65. The van der Waals surface area contributed by atoms with E-state index in [1.807, 2.05) is 0 Å². The molecule has 0 aliphatic heterocycles. The van der Waals surface area contributed by atoms with Gasteiger partial charge in [-0.2, -0.15) is 0 Å². The highest BCUT2D eigenvalue weighted by Gasteiger charge is 2.62. The Morgan fingerprint density at radius 3 is 2.36 bits per heavy atom. The minimum absolute atomic E-state index is 0.0207. The van der Waals surface area contributed by atoms with Crippen LogP contribution in [0.5, 0.6) is 0 Å². The molecule has 5 atom stereocenters. The van der Waals surface area contributed by atoms with E-state index >= 15 is 0 Å². The first-order chi connectivity index (χ1) is 10.1. The summed E-state index contributed by atoms with van der Waals surface area (Å²) in [5, 5.41) is -0.172. The van der Waals surface area contributed by atoms with Gasteiger partial charge in [0.05, 0.1) is 5.92 Å². The van der Waals surface area contributed by atoms with Crippen molar-refractivity contribution in [1.82, 2.24) is 0 Å². The zero-order chi connectivity index (χ0) is 16.3. The number of allylic oxidation sites excluding steroid dienone is 1. The van der Waals surface area contributed by atoms with Crippen LogP contribution in [0.1, 0.15) is 72.6 Å². The zero-order valence-corrected chi connectivity index (χ0v) is 15.4. The number of carbonyl (C=O) groups excluding carboxylic acids is 1. The maximum absolute atomic E-state index is 12.2. The van der Waals surface area contributed by atoms with Crippen LogP contribution in [0.4, 0.5) is 0 Å². The Hall–Kier alpha value is -0.300. The number of rotatable bonds is 1. The van der Waals surface area contributed by atoms with Gasteiger partial charge >= 0.3 is 0 Å². The van der Waals surface area contributed by atoms with E-state index in [1.54, 1.807) is 0 Å². The maximum Gasteiger partial charge on any atom is 0.229 e. The van der Waals surface area contributed by atoms with Crippen LogP contribution < -0.4 is 0 Å². The Morgan fingerprint density at radius 2 is 1.73 bits per heavy atom. The first-order valence-corrected chi connectivity index (χ1v) is 9.38. The van der Waals surface area contributed by atoms with Crippen molar-refractivity contribution in [2.75, 3.05) is 0 Å². The lowest BCUT2D eigenvalue weighted by Crippen LogP contribution is -2.58. The maximum atomic E-state index is 12.2. The average molecular weight is 323 g/mol. The topological polar surface area (TPSA) is 17.1 Å². The molecule has 0 heterocycles. The van der Waals surface area contributed by atoms with Crippen molar-refractivity contribution in [1.29, 1.82) is 0 Å². The predicted octanol–water partition coefficient (Wildman–Crippen LogP) is 5.97. The molecule has 0 bridgehead atoms. The summed E-state index contributed by atoms with van der Waals surface area (Å²) in [6.07, 6.45) is 8.53. The third kappa shape index (κ3) is 2.14. The lowest BCUT2D eigenvalue weighted by atomic mass is 9.39. The highest BCUT2D eigenvalue weighted by atomic mass is 35.5. The van der Waals surface area contributed by atoms with Crippen LogP contribution in [0.15, 0.2) is 12.2 Å². The molecule has 3 fully saturated rings. The van der Waals surface area contributed by atoms with E-state index < -0.39 is 0 Å². The molecule has 1 nitrogen and oxygen atoms in total. The molecule has 0 aromatic carbocycles. The monoisotopic (exact) mass is 322 g/mol. The van der Waals surface area contributed by atoms with Crippen LogP contribution in [0, 0.1) is 34.0 Å².